The monoisotopic (exact) mass is 297 g/mol. The largest absolute Gasteiger partial charge is 0.365 e. The van der Waals surface area contributed by atoms with E-state index in [1.54, 1.807) is 18.2 Å². The van der Waals surface area contributed by atoms with Crippen molar-refractivity contribution in [2.24, 2.45) is 0 Å². The first-order chi connectivity index (χ1) is 9.50. The topological polar surface area (TPSA) is 49.6 Å². The molecule has 0 aliphatic carbocycles. The Morgan fingerprint density at radius 3 is 2.65 bits per heavy atom. The van der Waals surface area contributed by atoms with Crippen molar-refractivity contribution in [3.63, 3.8) is 0 Å². The number of halogens is 1. The molecule has 20 heavy (non-hydrogen) atoms. The summed E-state index contributed by atoms with van der Waals surface area (Å²) in [5.41, 5.74) is 0.653. The van der Waals surface area contributed by atoms with Gasteiger partial charge in [0, 0.05) is 32.2 Å². The Labute approximate surface area is 124 Å². The molecular weight excluding hydrogens is 278 g/mol. The van der Waals surface area contributed by atoms with Crippen LogP contribution in [0.2, 0.25) is 5.02 Å². The molecule has 110 valence electrons. The third-order valence-electron chi connectivity index (χ3n) is 3.75. The maximum atomic E-state index is 11.2. The van der Waals surface area contributed by atoms with Gasteiger partial charge >= 0.3 is 5.69 Å². The Morgan fingerprint density at radius 2 is 2.00 bits per heavy atom. The van der Waals surface area contributed by atoms with E-state index in [0.717, 1.165) is 32.6 Å². The third kappa shape index (κ3) is 3.22. The van der Waals surface area contributed by atoms with Crippen LogP contribution in [-0.4, -0.2) is 42.0 Å². The summed E-state index contributed by atoms with van der Waals surface area (Å²) in [6.45, 7) is 7.92. The molecule has 0 atom stereocenters. The molecule has 1 aromatic carbocycles. The van der Waals surface area contributed by atoms with Crippen molar-refractivity contribution in [1.82, 2.24) is 4.90 Å². The van der Waals surface area contributed by atoms with E-state index in [1.807, 2.05) is 0 Å². The minimum absolute atomic E-state index is 0.0205. The van der Waals surface area contributed by atoms with Crippen LogP contribution in [0.15, 0.2) is 18.2 Å². The van der Waals surface area contributed by atoms with Crippen LogP contribution >= 0.6 is 11.6 Å². The lowest BCUT2D eigenvalue weighted by Crippen LogP contribution is -2.35. The molecule has 0 radical (unpaired) electrons. The molecule has 6 heteroatoms. The first-order valence-electron chi connectivity index (χ1n) is 6.92. The number of benzene rings is 1. The Balaban J connectivity index is 2.24. The molecular formula is C14H20ClN3O2. The third-order valence-corrected chi connectivity index (χ3v) is 4.05. The summed E-state index contributed by atoms with van der Waals surface area (Å²) in [7, 11) is 0. The van der Waals surface area contributed by atoms with Gasteiger partial charge in [0.1, 0.15) is 10.7 Å². The van der Waals surface area contributed by atoms with Crippen LogP contribution < -0.4 is 4.90 Å². The molecule has 1 saturated heterocycles. The standard InChI is InChI=1S/C14H20ClN3O2/c1-11(2)16-7-4-8-17(10-9-16)13-6-3-5-12(15)14(13)18(19)20/h3,5-6,11H,4,7-10H2,1-2H3. The molecule has 1 heterocycles. The average Bonchev–Trinajstić information content (AvgIpc) is 2.63. The molecule has 0 N–H and O–H groups in total. The second kappa shape index (κ2) is 6.41. The van der Waals surface area contributed by atoms with Crippen molar-refractivity contribution in [1.29, 1.82) is 0 Å². The first-order valence-corrected chi connectivity index (χ1v) is 7.30. The minimum Gasteiger partial charge on any atom is -0.365 e. The fraction of sp³-hybridized carbons (Fsp3) is 0.571. The summed E-state index contributed by atoms with van der Waals surface area (Å²) in [5, 5.41) is 11.4. The van der Waals surface area contributed by atoms with Crippen molar-refractivity contribution < 1.29 is 4.92 Å². The van der Waals surface area contributed by atoms with Gasteiger partial charge in [-0.2, -0.15) is 0 Å². The fourth-order valence-corrected chi connectivity index (χ4v) is 2.87. The van der Waals surface area contributed by atoms with Crippen LogP contribution in [-0.2, 0) is 0 Å². The highest BCUT2D eigenvalue weighted by Gasteiger charge is 2.25. The van der Waals surface area contributed by atoms with E-state index < -0.39 is 0 Å². The Morgan fingerprint density at radius 1 is 1.25 bits per heavy atom. The highest BCUT2D eigenvalue weighted by molar-refractivity contribution is 6.33. The zero-order valence-electron chi connectivity index (χ0n) is 11.9. The minimum atomic E-state index is -0.386. The van der Waals surface area contributed by atoms with Crippen LogP contribution in [0, 0.1) is 10.1 Å². The maximum absolute atomic E-state index is 11.2. The van der Waals surface area contributed by atoms with Gasteiger partial charge in [0.05, 0.1) is 4.92 Å². The van der Waals surface area contributed by atoms with Crippen molar-refractivity contribution in [3.05, 3.63) is 33.3 Å². The summed E-state index contributed by atoms with van der Waals surface area (Å²) in [5.74, 6) is 0. The molecule has 2 rings (SSSR count). The van der Waals surface area contributed by atoms with Gasteiger partial charge in [0.2, 0.25) is 0 Å². The number of hydrogen-bond acceptors (Lipinski definition) is 4. The van der Waals surface area contributed by atoms with Crippen molar-refractivity contribution >= 4 is 23.0 Å². The predicted molar refractivity (Wildman–Crippen MR) is 81.6 cm³/mol. The van der Waals surface area contributed by atoms with Crippen LogP contribution in [0.5, 0.6) is 0 Å². The average molecular weight is 298 g/mol. The fourth-order valence-electron chi connectivity index (χ4n) is 2.63. The second-order valence-electron chi connectivity index (χ2n) is 5.33. The number of nitrogens with zero attached hydrogens (tertiary/aromatic N) is 3. The molecule has 0 spiro atoms. The SMILES string of the molecule is CC(C)N1CCCN(c2cccc(Cl)c2[N+](=O)[O-])CC1. The van der Waals surface area contributed by atoms with Crippen LogP contribution in [0.3, 0.4) is 0 Å². The number of hydrogen-bond donors (Lipinski definition) is 0. The maximum Gasteiger partial charge on any atom is 0.310 e. The van der Waals surface area contributed by atoms with Gasteiger partial charge in [-0.05, 0) is 32.4 Å². The van der Waals surface area contributed by atoms with Crippen LogP contribution in [0.25, 0.3) is 0 Å². The molecule has 1 aromatic rings. The van der Waals surface area contributed by atoms with E-state index in [1.165, 1.54) is 0 Å². The summed E-state index contributed by atoms with van der Waals surface area (Å²) < 4.78 is 0. The molecule has 0 bridgehead atoms. The molecule has 1 fully saturated rings. The number of nitro benzene ring substituents is 1. The summed E-state index contributed by atoms with van der Waals surface area (Å²) in [6, 6.07) is 5.64. The van der Waals surface area contributed by atoms with E-state index in [9.17, 15) is 10.1 Å². The van der Waals surface area contributed by atoms with E-state index >= 15 is 0 Å². The van der Waals surface area contributed by atoms with Gasteiger partial charge in [-0.25, -0.2) is 0 Å². The zero-order valence-corrected chi connectivity index (χ0v) is 12.6. The van der Waals surface area contributed by atoms with Gasteiger partial charge in [0.25, 0.3) is 0 Å². The van der Waals surface area contributed by atoms with Gasteiger partial charge < -0.3 is 4.90 Å². The van der Waals surface area contributed by atoms with Gasteiger partial charge in [-0.3, -0.25) is 15.0 Å². The highest BCUT2D eigenvalue weighted by Crippen LogP contribution is 2.35. The van der Waals surface area contributed by atoms with E-state index in [-0.39, 0.29) is 15.6 Å². The summed E-state index contributed by atoms with van der Waals surface area (Å²) >= 11 is 5.98. The van der Waals surface area contributed by atoms with Crippen molar-refractivity contribution in [2.75, 3.05) is 31.1 Å². The number of para-hydroxylation sites is 1. The zero-order chi connectivity index (χ0) is 14.7. The molecule has 1 aliphatic heterocycles. The van der Waals surface area contributed by atoms with Gasteiger partial charge in [-0.15, -0.1) is 0 Å². The highest BCUT2D eigenvalue weighted by atomic mass is 35.5. The molecule has 0 amide bonds. The first kappa shape index (κ1) is 15.1. The lowest BCUT2D eigenvalue weighted by Gasteiger charge is -2.25. The second-order valence-corrected chi connectivity index (χ2v) is 5.74. The Bertz CT molecular complexity index is 493. The molecule has 0 unspecified atom stereocenters. The Hall–Kier alpha value is -1.33. The lowest BCUT2D eigenvalue weighted by atomic mass is 10.2. The quantitative estimate of drug-likeness (QED) is 0.635. The van der Waals surface area contributed by atoms with Gasteiger partial charge in [-0.1, -0.05) is 17.7 Å². The van der Waals surface area contributed by atoms with E-state index in [0.29, 0.717) is 11.7 Å². The van der Waals surface area contributed by atoms with Crippen LogP contribution in [0.1, 0.15) is 20.3 Å². The lowest BCUT2D eigenvalue weighted by molar-refractivity contribution is -0.384. The number of nitro groups is 1. The summed E-state index contributed by atoms with van der Waals surface area (Å²) in [6.07, 6.45) is 1.00. The van der Waals surface area contributed by atoms with Crippen molar-refractivity contribution in [2.45, 2.75) is 26.3 Å². The van der Waals surface area contributed by atoms with Crippen LogP contribution in [0.4, 0.5) is 11.4 Å². The van der Waals surface area contributed by atoms with Gasteiger partial charge in [0.15, 0.2) is 0 Å². The van der Waals surface area contributed by atoms with E-state index in [4.69, 9.17) is 11.6 Å². The Kier molecular flexibility index (Phi) is 4.83. The van der Waals surface area contributed by atoms with Crippen molar-refractivity contribution in [3.8, 4) is 0 Å². The molecule has 1 aliphatic rings. The molecule has 0 saturated carbocycles. The van der Waals surface area contributed by atoms with E-state index in [2.05, 4.69) is 23.6 Å². The number of rotatable bonds is 3. The summed E-state index contributed by atoms with van der Waals surface area (Å²) in [4.78, 5) is 15.3. The normalized spacial score (nSPS) is 17.3. The number of anilines is 1. The molecule has 0 aromatic heterocycles. The smallest absolute Gasteiger partial charge is 0.310 e. The molecule has 5 nitrogen and oxygen atoms in total. The predicted octanol–water partition coefficient (Wildman–Crippen LogP) is 3.17.